The van der Waals surface area contributed by atoms with Crippen molar-refractivity contribution in [2.75, 3.05) is 30.3 Å². The van der Waals surface area contributed by atoms with Crippen LogP contribution in [0.4, 0.5) is 11.4 Å². The van der Waals surface area contributed by atoms with Crippen molar-refractivity contribution in [3.8, 4) is 0 Å². The van der Waals surface area contributed by atoms with E-state index in [0.29, 0.717) is 13.1 Å². The average Bonchev–Trinajstić information content (AvgIpc) is 3.73. The standard InChI is InChI=1S/C50H49N3O3/c1-34-16-24-38(25-17-34)44-49(46(40-28-20-36(3)21-29-40)55-52(44)42-12-8-6-9-13-42)32-51(5)33-50(48(49)54)45(39-26-18-35(2)19-27-39)53(43-14-10-7-11-15-43)56-47(50)41-30-22-37(4)23-31-41/h6-31,44-47H,32-33H2,1-5H3/t44-,45+,46+,47-,49-,50+. The Hall–Kier alpha value is -5.53. The molecule has 3 aliphatic heterocycles. The summed E-state index contributed by atoms with van der Waals surface area (Å²) in [4.78, 5) is 34.3. The number of Topliss-reactive ketones (excluding diaryl/α,β-unsaturated/α-hetero) is 1. The van der Waals surface area contributed by atoms with Crippen LogP contribution in [0.3, 0.4) is 0 Å². The summed E-state index contributed by atoms with van der Waals surface area (Å²) in [5, 5.41) is 4.07. The predicted molar refractivity (Wildman–Crippen MR) is 223 cm³/mol. The zero-order chi connectivity index (χ0) is 38.6. The summed E-state index contributed by atoms with van der Waals surface area (Å²) in [6, 6.07) is 54.0. The number of para-hydroxylation sites is 2. The first-order valence-corrected chi connectivity index (χ1v) is 19.7. The lowest BCUT2D eigenvalue weighted by molar-refractivity contribution is -0.160. The number of rotatable bonds is 6. The van der Waals surface area contributed by atoms with Crippen molar-refractivity contribution in [1.29, 1.82) is 0 Å². The average molecular weight is 740 g/mol. The van der Waals surface area contributed by atoms with Crippen molar-refractivity contribution >= 4 is 17.2 Å². The molecule has 0 bridgehead atoms. The molecule has 6 nitrogen and oxygen atoms in total. The van der Waals surface area contributed by atoms with Crippen LogP contribution in [-0.4, -0.2) is 30.8 Å². The minimum atomic E-state index is -1.09. The van der Waals surface area contributed by atoms with E-state index in [1.54, 1.807) is 0 Å². The zero-order valence-electron chi connectivity index (χ0n) is 32.8. The van der Waals surface area contributed by atoms with E-state index >= 15 is 4.79 Å². The van der Waals surface area contributed by atoms with Crippen molar-refractivity contribution in [2.45, 2.75) is 52.0 Å². The van der Waals surface area contributed by atoms with Gasteiger partial charge in [-0.25, -0.2) is 10.1 Å². The van der Waals surface area contributed by atoms with Crippen LogP contribution in [0, 0.1) is 38.5 Å². The Kier molecular flexibility index (Phi) is 9.16. The Bertz CT molecular complexity index is 2150. The molecule has 0 amide bonds. The normalized spacial score (nSPS) is 26.4. The Morgan fingerprint density at radius 1 is 0.446 bits per heavy atom. The van der Waals surface area contributed by atoms with E-state index in [1.165, 1.54) is 0 Å². The van der Waals surface area contributed by atoms with Crippen LogP contribution in [0.1, 0.15) is 68.8 Å². The third-order valence-electron chi connectivity index (χ3n) is 12.3. The largest absolute Gasteiger partial charge is 0.304 e. The van der Waals surface area contributed by atoms with Gasteiger partial charge in [0.1, 0.15) is 23.0 Å². The number of hydroxylamine groups is 2. The summed E-state index contributed by atoms with van der Waals surface area (Å²) in [5.41, 5.74) is 8.27. The third kappa shape index (κ3) is 5.86. The molecule has 0 N–H and O–H groups in total. The molecular formula is C50H49N3O3. The van der Waals surface area contributed by atoms with Crippen LogP contribution >= 0.6 is 0 Å². The Labute approximate surface area is 330 Å². The van der Waals surface area contributed by atoms with Crippen molar-refractivity contribution in [1.82, 2.24) is 4.90 Å². The zero-order valence-corrected chi connectivity index (χ0v) is 32.8. The maximum atomic E-state index is 17.2. The lowest BCUT2D eigenvalue weighted by Gasteiger charge is -2.53. The van der Waals surface area contributed by atoms with E-state index in [2.05, 4.69) is 161 Å². The molecule has 282 valence electrons. The monoisotopic (exact) mass is 739 g/mol. The van der Waals surface area contributed by atoms with Gasteiger partial charge in [-0.3, -0.25) is 14.5 Å². The number of benzene rings is 6. The summed E-state index contributed by atoms with van der Waals surface area (Å²) in [6.07, 6.45) is -1.21. The molecule has 0 aliphatic carbocycles. The number of aryl methyl sites for hydroxylation is 4. The van der Waals surface area contributed by atoms with Gasteiger partial charge in [0.05, 0.1) is 23.5 Å². The molecule has 3 saturated heterocycles. The van der Waals surface area contributed by atoms with Crippen LogP contribution in [0.15, 0.2) is 158 Å². The summed E-state index contributed by atoms with van der Waals surface area (Å²) in [5.74, 6) is 0.146. The summed E-state index contributed by atoms with van der Waals surface area (Å²) < 4.78 is 0. The number of hydrogen-bond donors (Lipinski definition) is 0. The minimum absolute atomic E-state index is 0.146. The number of anilines is 2. The van der Waals surface area contributed by atoms with Gasteiger partial charge < -0.3 is 4.90 Å². The highest BCUT2D eigenvalue weighted by Crippen LogP contribution is 2.68. The number of piperidine rings is 1. The fraction of sp³-hybridized carbons (Fsp3) is 0.260. The Morgan fingerprint density at radius 3 is 1.07 bits per heavy atom. The molecule has 0 saturated carbocycles. The maximum Gasteiger partial charge on any atom is 0.158 e. The number of carbonyl (C=O) groups is 1. The number of likely N-dealkylation sites (tertiary alicyclic amines) is 1. The molecule has 9 rings (SSSR count). The quantitative estimate of drug-likeness (QED) is 0.170. The van der Waals surface area contributed by atoms with Crippen molar-refractivity contribution in [3.63, 3.8) is 0 Å². The summed E-state index contributed by atoms with van der Waals surface area (Å²) in [6.45, 7) is 9.38. The van der Waals surface area contributed by atoms with E-state index < -0.39 is 35.1 Å². The predicted octanol–water partition coefficient (Wildman–Crippen LogP) is 10.6. The molecule has 3 heterocycles. The van der Waals surface area contributed by atoms with E-state index in [-0.39, 0.29) is 5.78 Å². The van der Waals surface area contributed by atoms with Gasteiger partial charge in [-0.05, 0) is 81.3 Å². The second-order valence-corrected chi connectivity index (χ2v) is 16.3. The molecular weight excluding hydrogens is 691 g/mol. The van der Waals surface area contributed by atoms with Crippen LogP contribution in [0.2, 0.25) is 0 Å². The lowest BCUT2D eigenvalue weighted by Crippen LogP contribution is -2.64. The van der Waals surface area contributed by atoms with Gasteiger partial charge in [0.15, 0.2) is 5.78 Å². The second kappa shape index (κ2) is 14.2. The van der Waals surface area contributed by atoms with Gasteiger partial charge in [-0.1, -0.05) is 156 Å². The molecule has 0 radical (unpaired) electrons. The van der Waals surface area contributed by atoms with Crippen LogP contribution in [0.5, 0.6) is 0 Å². The first kappa shape index (κ1) is 36.1. The van der Waals surface area contributed by atoms with Crippen LogP contribution in [0.25, 0.3) is 0 Å². The van der Waals surface area contributed by atoms with E-state index in [1.807, 2.05) is 46.5 Å². The van der Waals surface area contributed by atoms with Gasteiger partial charge >= 0.3 is 0 Å². The molecule has 6 aromatic carbocycles. The molecule has 3 fully saturated rings. The number of hydrogen-bond acceptors (Lipinski definition) is 6. The lowest BCUT2D eigenvalue weighted by atomic mass is 9.54. The number of ketones is 1. The molecule has 0 unspecified atom stereocenters. The molecule has 6 heteroatoms. The van der Waals surface area contributed by atoms with E-state index in [0.717, 1.165) is 55.9 Å². The topological polar surface area (TPSA) is 45.3 Å². The molecule has 56 heavy (non-hydrogen) atoms. The van der Waals surface area contributed by atoms with Crippen LogP contribution < -0.4 is 10.1 Å². The fourth-order valence-corrected chi connectivity index (χ4v) is 9.73. The molecule has 0 aromatic heterocycles. The highest BCUT2D eigenvalue weighted by atomic mass is 16.7. The van der Waals surface area contributed by atoms with Gasteiger partial charge in [0, 0.05) is 13.1 Å². The fourth-order valence-electron chi connectivity index (χ4n) is 9.73. The van der Waals surface area contributed by atoms with Crippen LogP contribution in [-0.2, 0) is 14.5 Å². The smallest absolute Gasteiger partial charge is 0.158 e. The highest BCUT2D eigenvalue weighted by Gasteiger charge is 2.74. The first-order valence-electron chi connectivity index (χ1n) is 19.7. The van der Waals surface area contributed by atoms with Gasteiger partial charge in [0.2, 0.25) is 0 Å². The Balaban J connectivity index is 1.36. The highest BCUT2D eigenvalue weighted by molar-refractivity contribution is 5.97. The van der Waals surface area contributed by atoms with Gasteiger partial charge in [0.25, 0.3) is 0 Å². The molecule has 6 aromatic rings. The van der Waals surface area contributed by atoms with Crippen molar-refractivity contribution in [3.05, 3.63) is 202 Å². The third-order valence-corrected chi connectivity index (χ3v) is 12.3. The van der Waals surface area contributed by atoms with Crippen molar-refractivity contribution < 1.29 is 14.5 Å². The molecule has 6 atom stereocenters. The van der Waals surface area contributed by atoms with E-state index in [4.69, 9.17) is 9.68 Å². The van der Waals surface area contributed by atoms with E-state index in [9.17, 15) is 0 Å². The summed E-state index contributed by atoms with van der Waals surface area (Å²) in [7, 11) is 2.17. The number of nitrogens with zero attached hydrogens (tertiary/aromatic N) is 3. The molecule has 3 aliphatic rings. The SMILES string of the molecule is Cc1ccc([C@H]2ON(c3ccccc3)[C@@H](c3ccc(C)cc3)[C@@]23CN(C)C[C@]2(C3=O)[C@H](c3ccc(C)cc3)ON(c3ccccc3)[C@@H]2c2ccc(C)cc2)cc1. The number of carbonyl (C=O) groups excluding carboxylic acids is 1. The summed E-state index contributed by atoms with van der Waals surface area (Å²) >= 11 is 0. The molecule has 2 spiro atoms. The van der Waals surface area contributed by atoms with Crippen molar-refractivity contribution in [2.24, 2.45) is 10.8 Å². The minimum Gasteiger partial charge on any atom is -0.304 e. The Morgan fingerprint density at radius 2 is 0.750 bits per heavy atom. The van der Waals surface area contributed by atoms with Gasteiger partial charge in [-0.15, -0.1) is 0 Å². The van der Waals surface area contributed by atoms with Gasteiger partial charge in [-0.2, -0.15) is 0 Å². The second-order valence-electron chi connectivity index (χ2n) is 16.3. The maximum absolute atomic E-state index is 17.2. The first-order chi connectivity index (χ1) is 27.2.